The van der Waals surface area contributed by atoms with Crippen LogP contribution in [0.25, 0.3) is 10.2 Å². The maximum Gasteiger partial charge on any atom is 0.243 e. The number of rotatable bonds is 4. The lowest BCUT2D eigenvalue weighted by Crippen LogP contribution is -2.30. The van der Waals surface area contributed by atoms with E-state index in [9.17, 15) is 13.2 Å². The Hall–Kier alpha value is -2.29. The van der Waals surface area contributed by atoms with Gasteiger partial charge in [0.1, 0.15) is 5.01 Å². The number of fused-ring (bicyclic) bond motifs is 1. The molecule has 3 aromatic rings. The molecule has 0 aliphatic carbocycles. The molecule has 1 N–H and O–H groups in total. The van der Waals surface area contributed by atoms with Gasteiger partial charge in [0.25, 0.3) is 0 Å². The standard InChI is InChI=1S/C19H19N3O3S2/c1-13(23)20-14-8-10-15(11-9-14)27(24,25)22-12-4-6-17(22)19-21-16-5-2-3-7-18(16)26-19/h2-3,5,7-11,17H,4,6,12H2,1H3,(H,20,23)/t17-/m1/s1. The first kappa shape index (κ1) is 18.1. The van der Waals surface area contributed by atoms with E-state index in [2.05, 4.69) is 10.3 Å². The van der Waals surface area contributed by atoms with E-state index in [1.165, 1.54) is 19.1 Å². The van der Waals surface area contributed by atoms with Gasteiger partial charge >= 0.3 is 0 Å². The van der Waals surface area contributed by atoms with Crippen molar-refractivity contribution in [2.75, 3.05) is 11.9 Å². The summed E-state index contributed by atoms with van der Waals surface area (Å²) in [6, 6.07) is 13.9. The molecule has 2 heterocycles. The number of thiazole rings is 1. The summed E-state index contributed by atoms with van der Waals surface area (Å²) in [4.78, 5) is 16.0. The van der Waals surface area contributed by atoms with Crippen molar-refractivity contribution >= 4 is 43.2 Å². The Bertz CT molecular complexity index is 1060. The normalized spacial score (nSPS) is 18.0. The summed E-state index contributed by atoms with van der Waals surface area (Å²) >= 11 is 1.55. The first-order valence-electron chi connectivity index (χ1n) is 8.70. The fourth-order valence-electron chi connectivity index (χ4n) is 3.36. The molecule has 0 unspecified atom stereocenters. The Labute approximate surface area is 161 Å². The van der Waals surface area contributed by atoms with Gasteiger partial charge < -0.3 is 5.32 Å². The Morgan fingerprint density at radius 3 is 2.63 bits per heavy atom. The van der Waals surface area contributed by atoms with Crippen LogP contribution in [0.4, 0.5) is 5.69 Å². The van der Waals surface area contributed by atoms with Crippen molar-refractivity contribution in [3.63, 3.8) is 0 Å². The third kappa shape index (κ3) is 3.47. The molecule has 27 heavy (non-hydrogen) atoms. The summed E-state index contributed by atoms with van der Waals surface area (Å²) in [6.45, 7) is 1.90. The third-order valence-corrected chi connectivity index (χ3v) is 7.64. The summed E-state index contributed by atoms with van der Waals surface area (Å²) in [5, 5.41) is 3.49. The monoisotopic (exact) mass is 401 g/mol. The number of hydrogen-bond acceptors (Lipinski definition) is 5. The average Bonchev–Trinajstić information content (AvgIpc) is 3.28. The summed E-state index contributed by atoms with van der Waals surface area (Å²) in [5.74, 6) is -0.193. The second-order valence-electron chi connectivity index (χ2n) is 6.50. The second kappa shape index (κ2) is 7.03. The largest absolute Gasteiger partial charge is 0.326 e. The van der Waals surface area contributed by atoms with E-state index in [1.807, 2.05) is 24.3 Å². The van der Waals surface area contributed by atoms with Crippen molar-refractivity contribution in [3.8, 4) is 0 Å². The zero-order chi connectivity index (χ0) is 19.0. The van der Waals surface area contributed by atoms with Gasteiger partial charge in [-0.05, 0) is 49.2 Å². The minimum Gasteiger partial charge on any atom is -0.326 e. The second-order valence-corrected chi connectivity index (χ2v) is 9.45. The van der Waals surface area contributed by atoms with Crippen LogP contribution in [0, 0.1) is 0 Å². The number of nitrogens with one attached hydrogen (secondary N) is 1. The van der Waals surface area contributed by atoms with Gasteiger partial charge in [-0.3, -0.25) is 4.79 Å². The van der Waals surface area contributed by atoms with Crippen LogP contribution in [-0.2, 0) is 14.8 Å². The average molecular weight is 402 g/mol. The first-order valence-corrected chi connectivity index (χ1v) is 11.0. The van der Waals surface area contributed by atoms with Crippen LogP contribution in [0.1, 0.15) is 30.8 Å². The Balaban J connectivity index is 1.64. The highest BCUT2D eigenvalue weighted by atomic mass is 32.2. The molecule has 0 radical (unpaired) electrons. The van der Waals surface area contributed by atoms with Gasteiger partial charge in [-0.25, -0.2) is 13.4 Å². The predicted octanol–water partition coefficient (Wildman–Crippen LogP) is 3.78. The van der Waals surface area contributed by atoms with Gasteiger partial charge in [-0.1, -0.05) is 12.1 Å². The molecule has 1 atom stereocenters. The zero-order valence-electron chi connectivity index (χ0n) is 14.8. The molecule has 1 fully saturated rings. The number of carbonyl (C=O) groups excluding carboxylic acids is 1. The van der Waals surface area contributed by atoms with Crippen molar-refractivity contribution in [2.24, 2.45) is 0 Å². The minimum atomic E-state index is -3.63. The highest BCUT2D eigenvalue weighted by molar-refractivity contribution is 7.89. The molecule has 0 bridgehead atoms. The van der Waals surface area contributed by atoms with E-state index >= 15 is 0 Å². The number of para-hydroxylation sites is 1. The summed E-state index contributed by atoms with van der Waals surface area (Å²) in [6.07, 6.45) is 1.58. The molecule has 0 saturated carbocycles. The molecule has 4 rings (SSSR count). The molecule has 1 saturated heterocycles. The van der Waals surface area contributed by atoms with E-state index in [0.717, 1.165) is 28.1 Å². The van der Waals surface area contributed by atoms with Crippen LogP contribution in [0.15, 0.2) is 53.4 Å². The van der Waals surface area contributed by atoms with Gasteiger partial charge in [-0.15, -0.1) is 11.3 Å². The van der Waals surface area contributed by atoms with Gasteiger partial charge in [0.15, 0.2) is 0 Å². The van der Waals surface area contributed by atoms with Crippen LogP contribution < -0.4 is 5.32 Å². The zero-order valence-corrected chi connectivity index (χ0v) is 16.4. The molecule has 6 nitrogen and oxygen atoms in total. The van der Waals surface area contributed by atoms with Crippen LogP contribution in [0.5, 0.6) is 0 Å². The highest BCUT2D eigenvalue weighted by Crippen LogP contribution is 2.39. The Kier molecular flexibility index (Phi) is 4.71. The molecule has 1 aromatic heterocycles. The lowest BCUT2D eigenvalue weighted by molar-refractivity contribution is -0.114. The van der Waals surface area contributed by atoms with Crippen molar-refractivity contribution in [1.82, 2.24) is 9.29 Å². The van der Waals surface area contributed by atoms with Gasteiger partial charge in [0.2, 0.25) is 15.9 Å². The lowest BCUT2D eigenvalue weighted by Gasteiger charge is -2.22. The van der Waals surface area contributed by atoms with Crippen LogP contribution in [0.2, 0.25) is 0 Å². The molecule has 1 aliphatic rings. The summed E-state index contributed by atoms with van der Waals surface area (Å²) in [5.41, 5.74) is 1.48. The van der Waals surface area contributed by atoms with Crippen molar-refractivity contribution in [3.05, 3.63) is 53.5 Å². The van der Waals surface area contributed by atoms with E-state index in [-0.39, 0.29) is 16.8 Å². The van der Waals surface area contributed by atoms with Crippen molar-refractivity contribution < 1.29 is 13.2 Å². The molecule has 2 aromatic carbocycles. The topological polar surface area (TPSA) is 79.4 Å². The van der Waals surface area contributed by atoms with Crippen molar-refractivity contribution in [2.45, 2.75) is 30.7 Å². The fraction of sp³-hybridized carbons (Fsp3) is 0.263. The van der Waals surface area contributed by atoms with Crippen LogP contribution in [0.3, 0.4) is 0 Å². The number of anilines is 1. The Morgan fingerprint density at radius 1 is 1.19 bits per heavy atom. The molecule has 140 valence electrons. The first-order chi connectivity index (χ1) is 12.9. The molecule has 8 heteroatoms. The quantitative estimate of drug-likeness (QED) is 0.721. The maximum absolute atomic E-state index is 13.2. The summed E-state index contributed by atoms with van der Waals surface area (Å²) < 4.78 is 29.0. The minimum absolute atomic E-state index is 0.193. The van der Waals surface area contributed by atoms with E-state index in [0.29, 0.717) is 12.2 Å². The van der Waals surface area contributed by atoms with E-state index < -0.39 is 10.0 Å². The highest BCUT2D eigenvalue weighted by Gasteiger charge is 2.37. The Morgan fingerprint density at radius 2 is 1.93 bits per heavy atom. The SMILES string of the molecule is CC(=O)Nc1ccc(S(=O)(=O)N2CCC[C@@H]2c2nc3ccccc3s2)cc1. The number of carbonyl (C=O) groups is 1. The molecule has 1 aliphatic heterocycles. The molecular formula is C19H19N3O3S2. The predicted molar refractivity (Wildman–Crippen MR) is 106 cm³/mol. The molecular weight excluding hydrogens is 382 g/mol. The number of hydrogen-bond donors (Lipinski definition) is 1. The number of benzene rings is 2. The number of aromatic nitrogens is 1. The lowest BCUT2D eigenvalue weighted by atomic mass is 10.2. The summed E-state index contributed by atoms with van der Waals surface area (Å²) in [7, 11) is -3.63. The van der Waals surface area contributed by atoms with Crippen molar-refractivity contribution in [1.29, 1.82) is 0 Å². The number of sulfonamides is 1. The smallest absolute Gasteiger partial charge is 0.243 e. The number of nitrogens with zero attached hydrogens (tertiary/aromatic N) is 2. The molecule has 1 amide bonds. The fourth-order valence-corrected chi connectivity index (χ4v) is 6.20. The van der Waals surface area contributed by atoms with Crippen LogP contribution in [-0.4, -0.2) is 30.2 Å². The van der Waals surface area contributed by atoms with Gasteiger partial charge in [0, 0.05) is 19.2 Å². The van der Waals surface area contributed by atoms with Crippen LogP contribution >= 0.6 is 11.3 Å². The maximum atomic E-state index is 13.2. The van der Waals surface area contributed by atoms with E-state index in [4.69, 9.17) is 0 Å². The molecule has 0 spiro atoms. The van der Waals surface area contributed by atoms with E-state index in [1.54, 1.807) is 27.8 Å². The number of amides is 1. The van der Waals surface area contributed by atoms with Gasteiger partial charge in [0.05, 0.1) is 21.2 Å². The van der Waals surface area contributed by atoms with Gasteiger partial charge in [-0.2, -0.15) is 4.31 Å². The third-order valence-electron chi connectivity index (χ3n) is 4.58.